The Morgan fingerprint density at radius 3 is 2.50 bits per heavy atom. The molecule has 0 spiro atoms. The molecule has 0 heterocycles. The molecule has 0 aliphatic heterocycles. The van der Waals surface area contributed by atoms with Crippen molar-refractivity contribution in [1.29, 1.82) is 0 Å². The van der Waals surface area contributed by atoms with Gasteiger partial charge in [-0.1, -0.05) is 18.2 Å². The minimum Gasteiger partial charge on any atom is -0.366 e. The van der Waals surface area contributed by atoms with Crippen LogP contribution in [0.1, 0.15) is 20.7 Å². The Labute approximate surface area is 146 Å². The monoisotopic (exact) mass is 425 g/mol. The molecule has 0 aliphatic carbocycles. The Morgan fingerprint density at radius 1 is 1.09 bits per heavy atom. The predicted molar refractivity (Wildman–Crippen MR) is 97.8 cm³/mol. The summed E-state index contributed by atoms with van der Waals surface area (Å²) in [6.07, 6.45) is 0. The fraction of sp³-hybridized carbons (Fsp3) is 0. The molecule has 2 rings (SSSR count). The summed E-state index contributed by atoms with van der Waals surface area (Å²) in [6.45, 7) is 0. The predicted octanol–water partition coefficient (Wildman–Crippen LogP) is 2.52. The molecule has 0 bridgehead atoms. The van der Waals surface area contributed by atoms with E-state index >= 15 is 0 Å². The van der Waals surface area contributed by atoms with E-state index in [1.807, 2.05) is 12.1 Å². The number of primary amides is 1. The number of nitrogens with two attached hydrogens (primary N) is 1. The number of amides is 2. The van der Waals surface area contributed by atoms with E-state index in [2.05, 4.69) is 33.2 Å². The molecule has 0 saturated carbocycles. The third-order valence-corrected chi connectivity index (χ3v) is 3.90. The molecule has 2 aromatic carbocycles. The molecule has 0 radical (unpaired) electrons. The second kappa shape index (κ2) is 7.32. The van der Waals surface area contributed by atoms with Gasteiger partial charge in [-0.25, -0.2) is 0 Å². The van der Waals surface area contributed by atoms with Crippen LogP contribution in [0.25, 0.3) is 0 Å². The fourth-order valence-electron chi connectivity index (χ4n) is 1.73. The molecule has 7 heteroatoms. The Hall–Kier alpha value is -2.00. The van der Waals surface area contributed by atoms with Gasteiger partial charge in [-0.2, -0.15) is 0 Å². The summed E-state index contributed by atoms with van der Waals surface area (Å²) < 4.78 is 0.830. The Bertz CT molecular complexity index is 749. The van der Waals surface area contributed by atoms with Crippen LogP contribution in [0.4, 0.5) is 5.69 Å². The third kappa shape index (κ3) is 4.25. The van der Waals surface area contributed by atoms with Crippen LogP contribution in [0.2, 0.25) is 0 Å². The van der Waals surface area contributed by atoms with Crippen molar-refractivity contribution in [2.75, 3.05) is 5.32 Å². The number of hydrogen-bond acceptors (Lipinski definition) is 3. The number of anilines is 1. The largest absolute Gasteiger partial charge is 0.366 e. The first-order chi connectivity index (χ1) is 10.5. The van der Waals surface area contributed by atoms with E-state index in [9.17, 15) is 9.59 Å². The van der Waals surface area contributed by atoms with Gasteiger partial charge in [0, 0.05) is 14.8 Å². The van der Waals surface area contributed by atoms with Crippen LogP contribution < -0.4 is 16.4 Å². The molecule has 5 nitrogen and oxygen atoms in total. The smallest absolute Gasteiger partial charge is 0.258 e. The first-order valence-corrected chi connectivity index (χ1v) is 7.73. The second-order valence-corrected chi connectivity index (χ2v) is 5.90. The fourth-order valence-corrected chi connectivity index (χ4v) is 2.57. The number of thiocarbonyl (C=S) groups is 1. The Kier molecular flexibility index (Phi) is 5.45. The van der Waals surface area contributed by atoms with Crippen LogP contribution in [0, 0.1) is 3.57 Å². The first-order valence-electron chi connectivity index (χ1n) is 6.24. The highest BCUT2D eigenvalue weighted by Gasteiger charge is 2.11. The van der Waals surface area contributed by atoms with E-state index in [1.54, 1.807) is 36.4 Å². The van der Waals surface area contributed by atoms with Gasteiger partial charge in [0.05, 0.1) is 5.56 Å². The van der Waals surface area contributed by atoms with Gasteiger partial charge in [0.15, 0.2) is 5.11 Å². The molecule has 0 atom stereocenters. The summed E-state index contributed by atoms with van der Waals surface area (Å²) in [5.41, 5.74) is 6.69. The van der Waals surface area contributed by atoms with E-state index in [4.69, 9.17) is 18.0 Å². The number of nitrogens with one attached hydrogen (secondary N) is 2. The van der Waals surface area contributed by atoms with Crippen LogP contribution in [-0.2, 0) is 0 Å². The number of benzene rings is 2. The molecule has 0 aromatic heterocycles. The quantitative estimate of drug-likeness (QED) is 0.522. The number of halogens is 1. The van der Waals surface area contributed by atoms with Crippen molar-refractivity contribution >= 4 is 57.4 Å². The summed E-state index contributed by atoms with van der Waals surface area (Å²) in [5.74, 6) is -0.828. The van der Waals surface area contributed by atoms with E-state index in [-0.39, 0.29) is 11.0 Å². The molecule has 22 heavy (non-hydrogen) atoms. The van der Waals surface area contributed by atoms with Crippen molar-refractivity contribution in [3.63, 3.8) is 0 Å². The maximum Gasteiger partial charge on any atom is 0.258 e. The maximum atomic E-state index is 12.1. The number of carbonyl (C=O) groups is 2. The van der Waals surface area contributed by atoms with Gasteiger partial charge < -0.3 is 11.1 Å². The normalized spacial score (nSPS) is 9.86. The third-order valence-electron chi connectivity index (χ3n) is 2.75. The molecule has 4 N–H and O–H groups in total. The molecule has 2 aromatic rings. The van der Waals surface area contributed by atoms with Gasteiger partial charge in [-0.3, -0.25) is 14.9 Å². The maximum absolute atomic E-state index is 12.1. The van der Waals surface area contributed by atoms with E-state index in [0.717, 1.165) is 3.57 Å². The molecule has 0 aliphatic rings. The lowest BCUT2D eigenvalue weighted by molar-refractivity contribution is 0.0974. The molecule has 2 amide bonds. The van der Waals surface area contributed by atoms with Gasteiger partial charge in [0.25, 0.3) is 5.91 Å². The highest BCUT2D eigenvalue weighted by Crippen LogP contribution is 2.12. The molecular formula is C15H12IN3O2S. The summed E-state index contributed by atoms with van der Waals surface area (Å²) in [6, 6.07) is 13.7. The molecule has 0 unspecified atom stereocenters. The lowest BCUT2D eigenvalue weighted by Crippen LogP contribution is -2.34. The topological polar surface area (TPSA) is 84.2 Å². The number of rotatable bonds is 3. The zero-order chi connectivity index (χ0) is 16.1. The van der Waals surface area contributed by atoms with Gasteiger partial charge in [0.1, 0.15) is 0 Å². The van der Waals surface area contributed by atoms with Crippen molar-refractivity contribution in [3.05, 3.63) is 63.2 Å². The minimum absolute atomic E-state index is 0.145. The van der Waals surface area contributed by atoms with E-state index in [1.165, 1.54) is 0 Å². The summed E-state index contributed by atoms with van der Waals surface area (Å²) in [5, 5.41) is 5.59. The Balaban J connectivity index is 2.04. The van der Waals surface area contributed by atoms with Crippen LogP contribution in [0.5, 0.6) is 0 Å². The van der Waals surface area contributed by atoms with Gasteiger partial charge in [-0.05, 0) is 65.1 Å². The zero-order valence-electron chi connectivity index (χ0n) is 11.3. The molecular weight excluding hydrogens is 413 g/mol. The molecule has 112 valence electrons. The molecule has 0 fully saturated rings. The Morgan fingerprint density at radius 2 is 1.82 bits per heavy atom. The van der Waals surface area contributed by atoms with Crippen LogP contribution in [-0.4, -0.2) is 16.9 Å². The highest BCUT2D eigenvalue weighted by atomic mass is 127. The second-order valence-electron chi connectivity index (χ2n) is 4.33. The number of hydrogen-bond donors (Lipinski definition) is 3. The van der Waals surface area contributed by atoms with Crippen molar-refractivity contribution < 1.29 is 9.59 Å². The standard InChI is InChI=1S/C15H12IN3O2S/c16-12-7-2-1-6-11(12)14(21)19-15(22)18-10-5-3-4-9(8-10)13(17)20/h1-8H,(H2,17,20)(H2,18,19,21,22). The lowest BCUT2D eigenvalue weighted by Gasteiger charge is -2.11. The number of carbonyl (C=O) groups excluding carboxylic acids is 2. The van der Waals surface area contributed by atoms with Crippen molar-refractivity contribution in [1.82, 2.24) is 5.32 Å². The van der Waals surface area contributed by atoms with Crippen LogP contribution >= 0.6 is 34.8 Å². The molecule has 0 saturated heterocycles. The lowest BCUT2D eigenvalue weighted by atomic mass is 10.2. The van der Waals surface area contributed by atoms with E-state index < -0.39 is 5.91 Å². The average Bonchev–Trinajstić information content (AvgIpc) is 2.47. The van der Waals surface area contributed by atoms with Gasteiger partial charge >= 0.3 is 0 Å². The van der Waals surface area contributed by atoms with Crippen LogP contribution in [0.15, 0.2) is 48.5 Å². The van der Waals surface area contributed by atoms with Crippen molar-refractivity contribution in [2.45, 2.75) is 0 Å². The summed E-state index contributed by atoms with van der Waals surface area (Å²) in [7, 11) is 0. The zero-order valence-corrected chi connectivity index (χ0v) is 14.3. The summed E-state index contributed by atoms with van der Waals surface area (Å²) in [4.78, 5) is 23.3. The first kappa shape index (κ1) is 16.4. The van der Waals surface area contributed by atoms with Crippen LogP contribution in [0.3, 0.4) is 0 Å². The summed E-state index contributed by atoms with van der Waals surface area (Å²) >= 11 is 7.18. The minimum atomic E-state index is -0.530. The van der Waals surface area contributed by atoms with Gasteiger partial charge in [-0.15, -0.1) is 0 Å². The SMILES string of the molecule is NC(=O)c1cccc(NC(=S)NC(=O)c2ccccc2I)c1. The van der Waals surface area contributed by atoms with Crippen molar-refractivity contribution in [2.24, 2.45) is 5.73 Å². The van der Waals surface area contributed by atoms with Gasteiger partial charge in [0.2, 0.25) is 5.91 Å². The van der Waals surface area contributed by atoms with E-state index in [0.29, 0.717) is 16.8 Å². The average molecular weight is 425 g/mol. The highest BCUT2D eigenvalue weighted by molar-refractivity contribution is 14.1. The van der Waals surface area contributed by atoms with Crippen molar-refractivity contribution in [3.8, 4) is 0 Å².